The minimum absolute atomic E-state index is 0.163. The lowest BCUT2D eigenvalue weighted by Crippen LogP contribution is -2.32. The number of anilines is 1. The number of nitriles is 1. The molecule has 0 saturated heterocycles. The number of aryl methyl sites for hydroxylation is 2. The highest BCUT2D eigenvalue weighted by atomic mass is 32.1. The molecule has 7 nitrogen and oxygen atoms in total. The van der Waals surface area contributed by atoms with Gasteiger partial charge in [0.15, 0.2) is 5.57 Å². The summed E-state index contributed by atoms with van der Waals surface area (Å²) >= 11 is 1.07. The minimum atomic E-state index is -0.595. The van der Waals surface area contributed by atoms with E-state index in [0.29, 0.717) is 33.0 Å². The van der Waals surface area contributed by atoms with E-state index >= 15 is 0 Å². The van der Waals surface area contributed by atoms with E-state index < -0.39 is 5.91 Å². The number of hydrogen-bond donors (Lipinski definition) is 1. The van der Waals surface area contributed by atoms with E-state index in [1.54, 1.807) is 50.6 Å². The summed E-state index contributed by atoms with van der Waals surface area (Å²) < 4.78 is 12.8. The molecule has 4 rings (SSSR count). The number of carbonyl (C=O) groups is 1. The topological polar surface area (TPSA) is 93.3 Å². The quantitative estimate of drug-likeness (QED) is 0.426. The lowest BCUT2D eigenvalue weighted by atomic mass is 10.1. The smallest absolute Gasteiger partial charge is 0.273 e. The van der Waals surface area contributed by atoms with Crippen molar-refractivity contribution in [2.75, 3.05) is 19.5 Å². The van der Waals surface area contributed by atoms with E-state index in [2.05, 4.69) is 5.32 Å². The van der Waals surface area contributed by atoms with Crippen molar-refractivity contribution < 1.29 is 14.3 Å². The molecule has 0 aliphatic rings. The van der Waals surface area contributed by atoms with Crippen LogP contribution in [-0.2, 0) is 4.79 Å². The fourth-order valence-corrected chi connectivity index (χ4v) is 4.97. The molecule has 4 aromatic rings. The van der Waals surface area contributed by atoms with Gasteiger partial charge in [0.2, 0.25) is 0 Å². The average Bonchev–Trinajstić information content (AvgIpc) is 3.19. The molecule has 1 amide bonds. The zero-order valence-corrected chi connectivity index (χ0v) is 21.7. The Balaban J connectivity index is 2.01. The number of ether oxygens (including phenoxy) is 2. The molecule has 0 spiro atoms. The summed E-state index contributed by atoms with van der Waals surface area (Å²) in [7, 11) is 3.10. The molecule has 3 aromatic carbocycles. The van der Waals surface area contributed by atoms with Crippen LogP contribution in [0.3, 0.4) is 0 Å². The number of nitrogens with zero attached hydrogens (tertiary/aromatic N) is 2. The second-order valence-electron chi connectivity index (χ2n) is 8.26. The fraction of sp³-hybridized carbons (Fsp3) is 0.138. The molecule has 37 heavy (non-hydrogen) atoms. The summed E-state index contributed by atoms with van der Waals surface area (Å²) in [5.41, 5.74) is 3.06. The summed E-state index contributed by atoms with van der Waals surface area (Å²) in [5.74, 6) is 0.561. The van der Waals surface area contributed by atoms with Gasteiger partial charge >= 0.3 is 0 Å². The van der Waals surface area contributed by atoms with Crippen molar-refractivity contribution in [3.8, 4) is 23.3 Å². The normalized spacial score (nSPS) is 12.0. The largest absolute Gasteiger partial charge is 0.497 e. The van der Waals surface area contributed by atoms with Crippen LogP contribution in [0.1, 0.15) is 16.7 Å². The highest BCUT2D eigenvalue weighted by Gasteiger charge is 2.18. The maximum absolute atomic E-state index is 13.8. The molecule has 0 atom stereocenters. The molecule has 186 valence electrons. The van der Waals surface area contributed by atoms with Crippen molar-refractivity contribution in [1.82, 2.24) is 4.57 Å². The number of amides is 1. The van der Waals surface area contributed by atoms with Gasteiger partial charge in [0, 0.05) is 11.3 Å². The zero-order chi connectivity index (χ0) is 26.5. The van der Waals surface area contributed by atoms with Crippen LogP contribution < -0.4 is 29.5 Å². The molecule has 1 heterocycles. The number of methoxy groups -OCH3 is 2. The van der Waals surface area contributed by atoms with Crippen LogP contribution in [0.15, 0.2) is 71.5 Å². The molecular formula is C29H25N3O4S. The number of benzene rings is 3. The number of para-hydroxylation sites is 1. The van der Waals surface area contributed by atoms with Crippen LogP contribution in [0.25, 0.3) is 17.3 Å². The maximum atomic E-state index is 13.8. The first-order chi connectivity index (χ1) is 17.9. The first kappa shape index (κ1) is 25.5. The Morgan fingerprint density at radius 2 is 1.81 bits per heavy atom. The monoisotopic (exact) mass is 511 g/mol. The number of nitrogens with one attached hydrogen (secondary N) is 1. The van der Waals surface area contributed by atoms with Gasteiger partial charge in [-0.3, -0.25) is 14.2 Å². The van der Waals surface area contributed by atoms with Gasteiger partial charge in [0.05, 0.1) is 24.4 Å². The standard InChI is InChI=1S/C29H25N3O4S/c1-18-8-7-10-21(14-18)31-27(33)23(17-30)29-32(24-11-6-5-9-19(24)2)28(34)26(37-29)16-20-15-22(35-3)12-13-25(20)36-4/h5-16H,1-4H3,(H,31,33)/b26-16+,29-23-. The molecule has 8 heteroatoms. The maximum Gasteiger partial charge on any atom is 0.273 e. The van der Waals surface area contributed by atoms with Crippen LogP contribution in [0.4, 0.5) is 5.69 Å². The molecule has 0 aliphatic heterocycles. The number of carbonyl (C=O) groups excluding carboxylic acids is 1. The predicted molar refractivity (Wildman–Crippen MR) is 146 cm³/mol. The van der Waals surface area contributed by atoms with E-state index in [1.165, 1.54) is 4.57 Å². The van der Waals surface area contributed by atoms with E-state index in [4.69, 9.17) is 9.47 Å². The number of thiazole rings is 1. The van der Waals surface area contributed by atoms with Crippen molar-refractivity contribution in [1.29, 1.82) is 5.26 Å². The Labute approximate surface area is 218 Å². The Kier molecular flexibility index (Phi) is 7.56. The van der Waals surface area contributed by atoms with E-state index in [0.717, 1.165) is 22.5 Å². The highest BCUT2D eigenvalue weighted by Crippen LogP contribution is 2.24. The third-order valence-corrected chi connectivity index (χ3v) is 6.82. The Morgan fingerprint density at radius 3 is 2.49 bits per heavy atom. The van der Waals surface area contributed by atoms with Crippen LogP contribution >= 0.6 is 11.3 Å². The van der Waals surface area contributed by atoms with Gasteiger partial charge in [-0.2, -0.15) is 5.26 Å². The van der Waals surface area contributed by atoms with Crippen LogP contribution in [0, 0.1) is 25.2 Å². The summed E-state index contributed by atoms with van der Waals surface area (Å²) in [4.78, 5) is 27.0. The number of rotatable bonds is 6. The SMILES string of the molecule is COc1ccc(OC)c(/C=c2/s/c(=C(/C#N)C(=O)Nc3cccc(C)c3)n(-c3ccccc3C)c2=O)c1. The number of hydrogen-bond acceptors (Lipinski definition) is 6. The third kappa shape index (κ3) is 5.32. The van der Waals surface area contributed by atoms with Gasteiger partial charge in [-0.1, -0.05) is 30.3 Å². The Bertz CT molecular complexity index is 1710. The van der Waals surface area contributed by atoms with E-state index in [9.17, 15) is 14.9 Å². The van der Waals surface area contributed by atoms with Gasteiger partial charge in [0.25, 0.3) is 11.5 Å². The van der Waals surface area contributed by atoms with Gasteiger partial charge < -0.3 is 14.8 Å². The third-order valence-electron chi connectivity index (χ3n) is 5.73. The van der Waals surface area contributed by atoms with Crippen molar-refractivity contribution in [3.63, 3.8) is 0 Å². The van der Waals surface area contributed by atoms with E-state index in [1.807, 2.05) is 56.3 Å². The van der Waals surface area contributed by atoms with Crippen LogP contribution in [0.2, 0.25) is 0 Å². The van der Waals surface area contributed by atoms with Crippen molar-refractivity contribution >= 4 is 34.6 Å². The Morgan fingerprint density at radius 1 is 1.03 bits per heavy atom. The fourth-order valence-electron chi connectivity index (χ4n) is 3.89. The van der Waals surface area contributed by atoms with Crippen molar-refractivity contribution in [2.24, 2.45) is 0 Å². The molecule has 0 radical (unpaired) electrons. The molecule has 0 fully saturated rings. The second kappa shape index (κ2) is 11.0. The second-order valence-corrected chi connectivity index (χ2v) is 9.29. The lowest BCUT2D eigenvalue weighted by Gasteiger charge is -2.08. The van der Waals surface area contributed by atoms with Crippen molar-refractivity contribution in [3.05, 3.63) is 103 Å². The first-order valence-corrected chi connectivity index (χ1v) is 12.2. The summed E-state index contributed by atoms with van der Waals surface area (Å²) in [6.07, 6.45) is 1.68. The average molecular weight is 512 g/mol. The van der Waals surface area contributed by atoms with Crippen LogP contribution in [0.5, 0.6) is 11.5 Å². The highest BCUT2D eigenvalue weighted by molar-refractivity contribution is 7.07. The summed E-state index contributed by atoms with van der Waals surface area (Å²) in [5, 5.41) is 12.8. The van der Waals surface area contributed by atoms with Crippen molar-refractivity contribution in [2.45, 2.75) is 13.8 Å². The Hall–Kier alpha value is -4.61. The van der Waals surface area contributed by atoms with Gasteiger partial charge in [0.1, 0.15) is 22.2 Å². The molecule has 0 unspecified atom stereocenters. The van der Waals surface area contributed by atoms with Crippen LogP contribution in [-0.4, -0.2) is 24.7 Å². The summed E-state index contributed by atoms with van der Waals surface area (Å²) in [6, 6.07) is 21.9. The first-order valence-electron chi connectivity index (χ1n) is 11.4. The molecule has 0 bridgehead atoms. The molecule has 1 aromatic heterocycles. The minimum Gasteiger partial charge on any atom is -0.497 e. The summed E-state index contributed by atoms with van der Waals surface area (Å²) in [6.45, 7) is 3.78. The van der Waals surface area contributed by atoms with E-state index in [-0.39, 0.29) is 15.8 Å². The number of aromatic nitrogens is 1. The molecule has 0 aliphatic carbocycles. The van der Waals surface area contributed by atoms with Gasteiger partial charge in [-0.25, -0.2) is 0 Å². The molecule has 1 N–H and O–H groups in total. The predicted octanol–water partition coefficient (Wildman–Crippen LogP) is 3.67. The van der Waals surface area contributed by atoms with Gasteiger partial charge in [-0.15, -0.1) is 11.3 Å². The lowest BCUT2D eigenvalue weighted by molar-refractivity contribution is -0.111. The molecular weight excluding hydrogens is 486 g/mol. The van der Waals surface area contributed by atoms with Gasteiger partial charge in [-0.05, 0) is 67.4 Å². The molecule has 0 saturated carbocycles. The zero-order valence-electron chi connectivity index (χ0n) is 20.9.